The quantitative estimate of drug-likeness (QED) is 0.0214. The SMILES string of the molecule is C.CC(=O)CCCC(=O)NCC(=O)NC(CCCS)(CCCS)CCCS.CC(=O)CCCCC(S)C(CS)CS.CC(=O)COCC(=O)NCC(=O)NC(CS)(CS)CS.CC(=O)COCC(=O)NCC(=O)NCC(S)CC(S)CCS.O=C(CNC(=O)c1ccc(C(=O)O)cc1)NC(CCCS)C(S)CCS.O=C(O)CCCC(=O)NCC(=O)NCC(S)CC(S)CCS. The molecular formula is C83H150N10O20S18. The molecule has 0 bridgehead atoms. The van der Waals surface area contributed by atoms with Crippen molar-refractivity contribution >= 4 is 321 Å². The predicted octanol–water partition coefficient (Wildman–Crippen LogP) is 8.59. The van der Waals surface area contributed by atoms with Gasteiger partial charge in [0.25, 0.3) is 5.91 Å². The summed E-state index contributed by atoms with van der Waals surface area (Å²) < 4.78 is 9.66. The van der Waals surface area contributed by atoms with Crippen molar-refractivity contribution in [3.05, 3.63) is 35.4 Å². The number of thiol groups is 18. The summed E-state index contributed by atoms with van der Waals surface area (Å²) in [5, 5.41) is 44.6. The Labute approximate surface area is 876 Å². The summed E-state index contributed by atoms with van der Waals surface area (Å²) in [7, 11) is 0. The number of carbonyl (C=O) groups excluding carboxylic acids is 14. The molecule has 0 radical (unpaired) electrons. The van der Waals surface area contributed by atoms with Crippen LogP contribution in [0.15, 0.2) is 24.3 Å². The zero-order valence-corrected chi connectivity index (χ0v) is 90.8. The largest absolute Gasteiger partial charge is 0.481 e. The Morgan fingerprint density at radius 3 is 1.08 bits per heavy atom. The number of benzene rings is 1. The number of carboxylic acids is 2. The van der Waals surface area contributed by atoms with Gasteiger partial charge >= 0.3 is 11.9 Å². The summed E-state index contributed by atoms with van der Waals surface area (Å²) in [6, 6.07) is 5.38. The van der Waals surface area contributed by atoms with E-state index in [1.807, 2.05) is 0 Å². The Kier molecular flexibility index (Phi) is 97.4. The molecule has 30 nitrogen and oxygen atoms in total. The van der Waals surface area contributed by atoms with Crippen molar-refractivity contribution in [1.82, 2.24) is 53.2 Å². The number of ether oxygens (including phenoxy) is 2. The molecule has 10 amide bonds. The van der Waals surface area contributed by atoms with E-state index in [2.05, 4.69) is 280 Å². The molecule has 0 aromatic heterocycles. The molecule has 12 N–H and O–H groups in total. The van der Waals surface area contributed by atoms with Crippen LogP contribution in [-0.4, -0.2) is 294 Å². The van der Waals surface area contributed by atoms with Gasteiger partial charge in [-0.1, -0.05) is 13.8 Å². The zero-order chi connectivity index (χ0) is 99.9. The van der Waals surface area contributed by atoms with Crippen LogP contribution in [0.25, 0.3) is 0 Å². The van der Waals surface area contributed by atoms with Crippen molar-refractivity contribution in [3.63, 3.8) is 0 Å². The molecule has 0 aliphatic carbocycles. The number of carbonyl (C=O) groups is 16. The highest BCUT2D eigenvalue weighted by Gasteiger charge is 2.32. The van der Waals surface area contributed by atoms with Crippen LogP contribution in [0, 0.1) is 5.92 Å². The lowest BCUT2D eigenvalue weighted by atomic mass is 9.84. The minimum absolute atomic E-state index is 0. The smallest absolute Gasteiger partial charge is 0.335 e. The van der Waals surface area contributed by atoms with Gasteiger partial charge in [0, 0.05) is 111 Å². The maximum absolute atomic E-state index is 12.4. The number of hydrogen-bond acceptors (Lipinski definition) is 36. The van der Waals surface area contributed by atoms with Crippen LogP contribution in [0.3, 0.4) is 0 Å². The third-order valence-corrected chi connectivity index (χ3v) is 25.6. The minimum Gasteiger partial charge on any atom is -0.481 e. The average Bonchev–Trinajstić information content (AvgIpc) is 0.858. The van der Waals surface area contributed by atoms with E-state index in [1.54, 1.807) is 6.92 Å². The first kappa shape index (κ1) is 139. The number of nitrogens with one attached hydrogen (secondary N) is 10. The van der Waals surface area contributed by atoms with Crippen LogP contribution >= 0.6 is 227 Å². The molecule has 0 spiro atoms. The number of carboxylic acid groups (broad SMARTS) is 2. The van der Waals surface area contributed by atoms with Gasteiger partial charge in [-0.3, -0.25) is 62.3 Å². The number of unbranched alkanes of at least 4 members (excludes halogenated alkanes) is 1. The van der Waals surface area contributed by atoms with E-state index < -0.39 is 35.2 Å². The van der Waals surface area contributed by atoms with Crippen molar-refractivity contribution < 1.29 is 96.4 Å². The van der Waals surface area contributed by atoms with Crippen LogP contribution in [0.1, 0.15) is 204 Å². The number of aliphatic carboxylic acids is 1. The number of amides is 10. The molecule has 1 aromatic carbocycles. The van der Waals surface area contributed by atoms with E-state index in [-0.39, 0.29) is 206 Å². The highest BCUT2D eigenvalue weighted by atomic mass is 32.1. The van der Waals surface area contributed by atoms with Crippen LogP contribution in [0.2, 0.25) is 0 Å². The lowest BCUT2D eigenvalue weighted by molar-refractivity contribution is -0.137. The van der Waals surface area contributed by atoms with Crippen molar-refractivity contribution in [2.24, 2.45) is 5.92 Å². The second-order valence-corrected chi connectivity index (χ2v) is 39.0. The molecule has 760 valence electrons. The van der Waals surface area contributed by atoms with E-state index in [0.29, 0.717) is 66.5 Å². The van der Waals surface area contributed by atoms with Gasteiger partial charge in [0.2, 0.25) is 53.2 Å². The standard InChI is InChI=1S/C18H34N2O3S3.C17H24N2O4S3.2C13H24N2O4S3.C11H20N2O4S3.C10H20OS3.CH4/c1-15(21)6-2-7-16(22)19-14-17(23)20-18(8-3-11-24,9-4-12-25)10-5-13-26;20-15(19-13(2-1-8-24)14(26)7-9-25)10-18-16(21)11-3-5-12(6-4-11)17(22)23;1-9(16)7-19-8-13(18)15-6-12(17)14-5-11(22)4-10(21)2-3-20;16-11(2-1-3-13(18)19)15-8-12(17)14-7-10(22)6-9(21)4-5-20;1-8(14)3-17-4-10(16)12-2-9(15)13-11(5-18,6-19)7-20;1-8(11)4-2-3-5-10(14)9(6-12)7-13;/h24-26H,2-14H2,1H3,(H,19,22)(H,20,23);3-6,13-14,24-26H,1-2,7-10H2,(H,18,21)(H,19,20)(H,22,23);10-11,20-22H,2-8H2,1H3,(H,14,17)(H,15,18);9-10,20-22H,1-8H2,(H,14,17)(H,15,16)(H,18,19);18-20H,2-7H2,1H3,(H,12,16)(H,13,15);9-10,12-14H,2-7H2,1H3;1H4. The van der Waals surface area contributed by atoms with E-state index in [9.17, 15) is 76.7 Å². The normalized spacial score (nSPS) is 12.3. The monoisotopic (exact) mass is 2180 g/mol. The number of ketones is 4. The topological polar surface area (TPSA) is 452 Å². The van der Waals surface area contributed by atoms with Crippen LogP contribution in [0.5, 0.6) is 0 Å². The number of rotatable bonds is 69. The van der Waals surface area contributed by atoms with Gasteiger partial charge in [-0.15, -0.1) is 0 Å². The molecule has 0 fully saturated rings. The van der Waals surface area contributed by atoms with Gasteiger partial charge in [-0.25, -0.2) is 4.79 Å². The predicted molar refractivity (Wildman–Crippen MR) is 589 cm³/mol. The summed E-state index contributed by atoms with van der Waals surface area (Å²) in [5.74, 6) is 3.24. The highest BCUT2D eigenvalue weighted by molar-refractivity contribution is 7.84. The second-order valence-electron chi connectivity index (χ2n) is 30.0. The molecular weight excluding hydrogens is 2030 g/mol. The summed E-state index contributed by atoms with van der Waals surface area (Å²) in [4.78, 5) is 181. The molecule has 48 heteroatoms. The Bertz CT molecular complexity index is 3260. The lowest BCUT2D eigenvalue weighted by Crippen LogP contribution is -2.55. The van der Waals surface area contributed by atoms with Crippen LogP contribution in [-0.2, 0) is 76.6 Å². The van der Waals surface area contributed by atoms with Gasteiger partial charge in [0.1, 0.15) is 38.0 Å². The molecule has 131 heavy (non-hydrogen) atoms. The first-order chi connectivity index (χ1) is 61.5. The van der Waals surface area contributed by atoms with Gasteiger partial charge < -0.3 is 82.4 Å². The van der Waals surface area contributed by atoms with Gasteiger partial charge in [0.15, 0.2) is 11.6 Å². The molecule has 0 saturated heterocycles. The zero-order valence-electron chi connectivity index (χ0n) is 74.7. The Morgan fingerprint density at radius 2 is 0.718 bits per heavy atom. The fraction of sp³-hybridized carbons (Fsp3) is 0.735. The average molecular weight is 2190 g/mol. The molecule has 0 aliphatic heterocycles. The molecule has 0 aliphatic rings. The Hall–Kier alpha value is -2.24. The van der Waals surface area contributed by atoms with Crippen LogP contribution < -0.4 is 53.2 Å². The fourth-order valence-corrected chi connectivity index (χ4v) is 18.1. The molecule has 7 atom stereocenters. The van der Waals surface area contributed by atoms with E-state index >= 15 is 0 Å². The molecule has 7 unspecified atom stereocenters. The summed E-state index contributed by atoms with van der Waals surface area (Å²) >= 11 is 77.2. The second kappa shape index (κ2) is 91.5. The third kappa shape index (κ3) is 86.6. The van der Waals surface area contributed by atoms with E-state index in [0.717, 1.165) is 149 Å². The number of Topliss-reactive ketones (excluding diaryl/α,β-unsaturated/α-hetero) is 4. The lowest BCUT2D eigenvalue weighted by Gasteiger charge is -2.35. The molecule has 1 rings (SSSR count). The maximum atomic E-state index is 12.4. The summed E-state index contributed by atoms with van der Waals surface area (Å²) in [6.07, 6.45) is 16.2. The Morgan fingerprint density at radius 1 is 0.344 bits per heavy atom. The highest BCUT2D eigenvalue weighted by Crippen LogP contribution is 2.27. The molecule has 1 aromatic rings. The first-order valence-corrected chi connectivity index (χ1v) is 53.0. The first-order valence-electron chi connectivity index (χ1n) is 42.3. The van der Waals surface area contributed by atoms with Crippen molar-refractivity contribution in [3.8, 4) is 0 Å². The van der Waals surface area contributed by atoms with Gasteiger partial charge in [-0.2, -0.15) is 227 Å². The van der Waals surface area contributed by atoms with Crippen molar-refractivity contribution in [1.29, 1.82) is 0 Å². The third-order valence-electron chi connectivity index (χ3n) is 17.8. The van der Waals surface area contributed by atoms with Gasteiger partial charge in [-0.05, 0) is 219 Å². The molecule has 0 saturated carbocycles. The Balaban J connectivity index is -0.000000360. The van der Waals surface area contributed by atoms with E-state index in [1.165, 1.54) is 45.0 Å². The number of aromatic carboxylic acids is 1. The van der Waals surface area contributed by atoms with Crippen molar-refractivity contribution in [2.75, 3.05) is 141 Å². The number of hydrogen-bond donors (Lipinski definition) is 30. The van der Waals surface area contributed by atoms with Crippen LogP contribution in [0.4, 0.5) is 0 Å². The fourth-order valence-electron chi connectivity index (χ4n) is 10.7. The summed E-state index contributed by atoms with van der Waals surface area (Å²) in [5.41, 5.74) is -0.515. The summed E-state index contributed by atoms with van der Waals surface area (Å²) in [6.45, 7) is 5.30. The van der Waals surface area contributed by atoms with Crippen molar-refractivity contribution in [2.45, 2.75) is 231 Å². The molecule has 0 heterocycles. The minimum atomic E-state index is -1.06. The van der Waals surface area contributed by atoms with Gasteiger partial charge in [0.05, 0.1) is 43.8 Å². The van der Waals surface area contributed by atoms with E-state index in [4.69, 9.17) is 19.7 Å². The maximum Gasteiger partial charge on any atom is 0.335 e.